The summed E-state index contributed by atoms with van der Waals surface area (Å²) in [6.45, 7) is 4.52. The van der Waals surface area contributed by atoms with Gasteiger partial charge in [0.1, 0.15) is 23.7 Å². The van der Waals surface area contributed by atoms with Gasteiger partial charge in [-0.15, -0.1) is 0 Å². The molecule has 0 aromatic heterocycles. The molecule has 3 N–H and O–H groups in total. The topological polar surface area (TPSA) is 108 Å². The standard InChI is InChI=1S/C17H20F2N4O4/c1-9(2)7-20-15(26)21-13(24)8-23-14(25)17(3,22-16(23)27)11-6-10(18)4-5-12(11)19/h4-6,9H,7-8H2,1-3H3,(H,22,27)(H2,20,21,24,26)/t17-/m1/s1. The van der Waals surface area contributed by atoms with Crippen LogP contribution in [0.1, 0.15) is 26.3 Å². The Bertz CT molecular complexity index is 799. The minimum Gasteiger partial charge on any atom is -0.338 e. The average Bonchev–Trinajstić information content (AvgIpc) is 2.79. The molecule has 1 heterocycles. The molecule has 0 radical (unpaired) electrons. The maximum Gasteiger partial charge on any atom is 0.325 e. The van der Waals surface area contributed by atoms with Gasteiger partial charge >= 0.3 is 12.1 Å². The monoisotopic (exact) mass is 382 g/mol. The lowest BCUT2D eigenvalue weighted by atomic mass is 9.91. The van der Waals surface area contributed by atoms with Crippen molar-refractivity contribution in [2.45, 2.75) is 26.3 Å². The Morgan fingerprint density at radius 1 is 1.26 bits per heavy atom. The van der Waals surface area contributed by atoms with Gasteiger partial charge in [-0.1, -0.05) is 13.8 Å². The third-order valence-corrected chi connectivity index (χ3v) is 3.97. The quantitative estimate of drug-likeness (QED) is 0.666. The maximum absolute atomic E-state index is 14.1. The van der Waals surface area contributed by atoms with Crippen LogP contribution in [0.15, 0.2) is 18.2 Å². The van der Waals surface area contributed by atoms with Crippen LogP contribution in [-0.2, 0) is 15.1 Å². The number of nitrogens with one attached hydrogen (secondary N) is 3. The molecule has 1 aliphatic heterocycles. The predicted molar refractivity (Wildman–Crippen MR) is 90.3 cm³/mol. The van der Waals surface area contributed by atoms with Crippen LogP contribution in [0.3, 0.4) is 0 Å². The van der Waals surface area contributed by atoms with Crippen molar-refractivity contribution in [2.24, 2.45) is 5.92 Å². The van der Waals surface area contributed by atoms with E-state index in [1.807, 2.05) is 19.2 Å². The van der Waals surface area contributed by atoms with Crippen molar-refractivity contribution in [3.8, 4) is 0 Å². The molecule has 8 nitrogen and oxygen atoms in total. The molecule has 2 rings (SSSR count). The molecule has 146 valence electrons. The molecule has 6 amide bonds. The van der Waals surface area contributed by atoms with Crippen molar-refractivity contribution in [3.05, 3.63) is 35.4 Å². The van der Waals surface area contributed by atoms with E-state index < -0.39 is 47.6 Å². The molecule has 1 saturated heterocycles. The largest absolute Gasteiger partial charge is 0.338 e. The molecule has 1 aliphatic rings. The van der Waals surface area contributed by atoms with E-state index in [0.29, 0.717) is 11.4 Å². The Balaban J connectivity index is 2.10. The molecule has 1 aromatic rings. The minimum absolute atomic E-state index is 0.165. The number of amides is 6. The summed E-state index contributed by atoms with van der Waals surface area (Å²) in [5.74, 6) is -3.34. The molecule has 0 aliphatic carbocycles. The summed E-state index contributed by atoms with van der Waals surface area (Å²) in [5, 5.41) is 6.71. The van der Waals surface area contributed by atoms with Crippen LogP contribution < -0.4 is 16.0 Å². The Morgan fingerprint density at radius 2 is 1.93 bits per heavy atom. The molecule has 1 aromatic carbocycles. The number of rotatable bonds is 5. The first-order chi connectivity index (χ1) is 12.5. The zero-order chi connectivity index (χ0) is 20.4. The zero-order valence-electron chi connectivity index (χ0n) is 15.1. The number of hydrogen-bond acceptors (Lipinski definition) is 4. The highest BCUT2D eigenvalue weighted by Crippen LogP contribution is 2.31. The highest BCUT2D eigenvalue weighted by molar-refractivity contribution is 6.10. The van der Waals surface area contributed by atoms with Gasteiger partial charge < -0.3 is 10.6 Å². The minimum atomic E-state index is -1.87. The second kappa shape index (κ2) is 7.68. The molecule has 0 saturated carbocycles. The summed E-state index contributed by atoms with van der Waals surface area (Å²) >= 11 is 0. The summed E-state index contributed by atoms with van der Waals surface area (Å²) in [6.07, 6.45) is 0. The first kappa shape index (κ1) is 20.3. The lowest BCUT2D eigenvalue weighted by Crippen LogP contribution is -2.47. The van der Waals surface area contributed by atoms with Gasteiger partial charge in [-0.2, -0.15) is 0 Å². The smallest absolute Gasteiger partial charge is 0.325 e. The van der Waals surface area contributed by atoms with E-state index in [9.17, 15) is 28.0 Å². The first-order valence-electron chi connectivity index (χ1n) is 8.22. The van der Waals surface area contributed by atoms with Gasteiger partial charge in [-0.25, -0.2) is 18.4 Å². The van der Waals surface area contributed by atoms with E-state index in [1.165, 1.54) is 6.92 Å². The Labute approximate surface area is 154 Å². The van der Waals surface area contributed by atoms with Crippen molar-refractivity contribution in [1.82, 2.24) is 20.9 Å². The van der Waals surface area contributed by atoms with Gasteiger partial charge in [-0.3, -0.25) is 19.8 Å². The number of carbonyl (C=O) groups excluding carboxylic acids is 4. The van der Waals surface area contributed by atoms with Crippen LogP contribution in [0, 0.1) is 17.6 Å². The highest BCUT2D eigenvalue weighted by Gasteiger charge is 2.50. The number of carbonyl (C=O) groups is 4. The predicted octanol–water partition coefficient (Wildman–Crippen LogP) is 1.21. The van der Waals surface area contributed by atoms with E-state index >= 15 is 0 Å². The van der Waals surface area contributed by atoms with Crippen LogP contribution in [0.5, 0.6) is 0 Å². The molecule has 0 spiro atoms. The fourth-order valence-electron chi connectivity index (χ4n) is 2.55. The molecular weight excluding hydrogens is 362 g/mol. The number of urea groups is 2. The van der Waals surface area contributed by atoms with Gasteiger partial charge in [-0.05, 0) is 31.0 Å². The number of imide groups is 2. The SMILES string of the molecule is CC(C)CNC(=O)NC(=O)CN1C(=O)N[C@](C)(c2cc(F)ccc2F)C1=O. The first-order valence-corrected chi connectivity index (χ1v) is 8.22. The third-order valence-electron chi connectivity index (χ3n) is 3.97. The van der Waals surface area contributed by atoms with Gasteiger partial charge in [0, 0.05) is 12.1 Å². The lowest BCUT2D eigenvalue weighted by molar-refractivity contribution is -0.134. The van der Waals surface area contributed by atoms with Crippen LogP contribution in [0.2, 0.25) is 0 Å². The molecule has 27 heavy (non-hydrogen) atoms. The van der Waals surface area contributed by atoms with Gasteiger partial charge in [0.05, 0.1) is 0 Å². The Hall–Kier alpha value is -3.04. The van der Waals surface area contributed by atoms with Crippen molar-refractivity contribution in [1.29, 1.82) is 0 Å². The van der Waals surface area contributed by atoms with Crippen LogP contribution in [0.25, 0.3) is 0 Å². The Morgan fingerprint density at radius 3 is 2.56 bits per heavy atom. The van der Waals surface area contributed by atoms with E-state index in [0.717, 1.165) is 18.2 Å². The zero-order valence-corrected chi connectivity index (χ0v) is 15.1. The van der Waals surface area contributed by atoms with E-state index in [1.54, 1.807) is 0 Å². The summed E-state index contributed by atoms with van der Waals surface area (Å²) < 4.78 is 27.5. The Kier molecular flexibility index (Phi) is 5.77. The highest BCUT2D eigenvalue weighted by atomic mass is 19.1. The molecule has 10 heteroatoms. The summed E-state index contributed by atoms with van der Waals surface area (Å²) in [5.41, 5.74) is -2.23. The van der Waals surface area contributed by atoms with Gasteiger partial charge in [0.15, 0.2) is 0 Å². The van der Waals surface area contributed by atoms with Crippen LogP contribution in [0.4, 0.5) is 18.4 Å². The summed E-state index contributed by atoms with van der Waals surface area (Å²) in [6, 6.07) is 0.800. The molecule has 0 unspecified atom stereocenters. The van der Waals surface area contributed by atoms with Gasteiger partial charge in [0.25, 0.3) is 5.91 Å². The van der Waals surface area contributed by atoms with E-state index in [-0.39, 0.29) is 11.5 Å². The third kappa shape index (κ3) is 4.39. The molecule has 1 atom stereocenters. The average molecular weight is 382 g/mol. The van der Waals surface area contributed by atoms with Crippen LogP contribution in [-0.4, -0.2) is 41.9 Å². The summed E-state index contributed by atoms with van der Waals surface area (Å²) in [4.78, 5) is 48.8. The number of halogens is 2. The maximum atomic E-state index is 14.1. The van der Waals surface area contributed by atoms with E-state index in [4.69, 9.17) is 0 Å². The molecule has 1 fully saturated rings. The second-order valence-electron chi connectivity index (χ2n) is 6.72. The lowest BCUT2D eigenvalue weighted by Gasteiger charge is -2.22. The summed E-state index contributed by atoms with van der Waals surface area (Å²) in [7, 11) is 0. The number of benzene rings is 1. The molecule has 0 bridgehead atoms. The van der Waals surface area contributed by atoms with Gasteiger partial charge in [0.2, 0.25) is 5.91 Å². The van der Waals surface area contributed by atoms with E-state index in [2.05, 4.69) is 10.6 Å². The normalized spacial score (nSPS) is 19.3. The van der Waals surface area contributed by atoms with Crippen molar-refractivity contribution < 1.29 is 28.0 Å². The fraction of sp³-hybridized carbons (Fsp3) is 0.412. The fourth-order valence-corrected chi connectivity index (χ4v) is 2.55. The number of nitrogens with zero attached hydrogens (tertiary/aromatic N) is 1. The number of hydrogen-bond donors (Lipinski definition) is 3. The van der Waals surface area contributed by atoms with Crippen molar-refractivity contribution >= 4 is 23.9 Å². The van der Waals surface area contributed by atoms with Crippen molar-refractivity contribution in [2.75, 3.05) is 13.1 Å². The second-order valence-corrected chi connectivity index (χ2v) is 6.72. The molecular formula is C17H20F2N4O4. The van der Waals surface area contributed by atoms with Crippen molar-refractivity contribution in [3.63, 3.8) is 0 Å². The van der Waals surface area contributed by atoms with Crippen LogP contribution >= 0.6 is 0 Å².